The van der Waals surface area contributed by atoms with E-state index in [1.54, 1.807) is 0 Å². The molecule has 1 nitrogen and oxygen atoms in total. The molecule has 0 bridgehead atoms. The van der Waals surface area contributed by atoms with Crippen molar-refractivity contribution in [3.8, 4) is 0 Å². The van der Waals surface area contributed by atoms with Gasteiger partial charge in [-0.2, -0.15) is 4.39 Å². The van der Waals surface area contributed by atoms with E-state index in [4.69, 9.17) is 0 Å². The second-order valence-electron chi connectivity index (χ2n) is 0.951. The van der Waals surface area contributed by atoms with Crippen LogP contribution in [-0.2, 0) is 0 Å². The summed E-state index contributed by atoms with van der Waals surface area (Å²) in [7, 11) is 0. The standard InChI is InChI=1S/C4H3FN/c5-4-2-1-3-6-4/h1-2,6H. The molecule has 1 N–H and O–H groups in total. The largest absolute Gasteiger partial charge is 0.330 e. The number of aromatic amines is 1. The molecule has 0 spiro atoms. The Morgan fingerprint density at radius 2 is 2.67 bits per heavy atom. The molecule has 1 heterocycles. The SMILES string of the molecule is Fc1cc[c][nH]1. The Morgan fingerprint density at radius 3 is 2.83 bits per heavy atom. The smallest absolute Gasteiger partial charge is 0.191 e. The minimum Gasteiger partial charge on any atom is -0.330 e. The molecule has 0 atom stereocenters. The number of rotatable bonds is 0. The molecule has 0 fully saturated rings. The van der Waals surface area contributed by atoms with E-state index < -0.39 is 0 Å². The number of hydrogen-bond acceptors (Lipinski definition) is 0. The third-order valence-corrected chi connectivity index (χ3v) is 0.505. The summed E-state index contributed by atoms with van der Waals surface area (Å²) in [6, 6.07) is 2.79. The first-order chi connectivity index (χ1) is 2.89. The molecular weight excluding hydrogens is 81.0 g/mol. The topological polar surface area (TPSA) is 15.8 Å². The van der Waals surface area contributed by atoms with Gasteiger partial charge in [0.25, 0.3) is 0 Å². The molecule has 1 rings (SSSR count). The fraction of sp³-hybridized carbons (Fsp3) is 0. The van der Waals surface area contributed by atoms with Gasteiger partial charge in [-0.05, 0) is 12.1 Å². The van der Waals surface area contributed by atoms with Crippen molar-refractivity contribution in [1.29, 1.82) is 0 Å². The number of hydrogen-bond donors (Lipinski definition) is 1. The predicted octanol–water partition coefficient (Wildman–Crippen LogP) is 0.954. The maximum absolute atomic E-state index is 11.6. The quantitative estimate of drug-likeness (QED) is 0.481. The lowest BCUT2D eigenvalue weighted by molar-refractivity contribution is 0.591. The van der Waals surface area contributed by atoms with Crippen LogP contribution in [0.3, 0.4) is 0 Å². The number of aromatic nitrogens is 1. The van der Waals surface area contributed by atoms with Crippen LogP contribution in [0.15, 0.2) is 12.1 Å². The van der Waals surface area contributed by atoms with Gasteiger partial charge in [-0.25, -0.2) is 0 Å². The van der Waals surface area contributed by atoms with E-state index in [1.807, 2.05) is 0 Å². The summed E-state index contributed by atoms with van der Waals surface area (Å²) < 4.78 is 11.6. The molecule has 1 radical (unpaired) electrons. The van der Waals surface area contributed by atoms with Crippen molar-refractivity contribution in [3.05, 3.63) is 24.3 Å². The number of nitrogens with one attached hydrogen (secondary N) is 1. The van der Waals surface area contributed by atoms with Crippen LogP contribution in [0.25, 0.3) is 0 Å². The van der Waals surface area contributed by atoms with Crippen LogP contribution < -0.4 is 0 Å². The normalized spacial score (nSPS) is 8.83. The molecule has 0 amide bonds. The molecule has 0 aliphatic heterocycles. The summed E-state index contributed by atoms with van der Waals surface area (Å²) in [5.41, 5.74) is 0. The summed E-state index contributed by atoms with van der Waals surface area (Å²) in [5.74, 6) is -0.338. The molecular formula is C4H3FN. The Labute approximate surface area is 34.8 Å². The number of H-pyrrole nitrogens is 1. The third-order valence-electron chi connectivity index (χ3n) is 0.505. The van der Waals surface area contributed by atoms with Crippen molar-refractivity contribution >= 4 is 0 Å². The minimum absolute atomic E-state index is 0.338. The highest BCUT2D eigenvalue weighted by Gasteiger charge is 1.78. The summed E-state index contributed by atoms with van der Waals surface area (Å²) in [6.45, 7) is 0. The van der Waals surface area contributed by atoms with Crippen molar-refractivity contribution < 1.29 is 4.39 Å². The van der Waals surface area contributed by atoms with Gasteiger partial charge in [0.15, 0.2) is 5.95 Å². The van der Waals surface area contributed by atoms with Crippen LogP contribution in [0.2, 0.25) is 0 Å². The molecule has 0 aliphatic rings. The monoisotopic (exact) mass is 84.0 g/mol. The van der Waals surface area contributed by atoms with Gasteiger partial charge in [-0.15, -0.1) is 0 Å². The van der Waals surface area contributed by atoms with Gasteiger partial charge in [0.2, 0.25) is 0 Å². The molecule has 0 aliphatic carbocycles. The van der Waals surface area contributed by atoms with Gasteiger partial charge >= 0.3 is 0 Å². The zero-order chi connectivity index (χ0) is 4.41. The lowest BCUT2D eigenvalue weighted by Gasteiger charge is -1.64. The van der Waals surface area contributed by atoms with E-state index in [0.717, 1.165) is 0 Å². The fourth-order valence-electron chi connectivity index (χ4n) is 0.267. The maximum atomic E-state index is 11.6. The van der Waals surface area contributed by atoms with Gasteiger partial charge in [0, 0.05) is 0 Å². The molecule has 6 heavy (non-hydrogen) atoms. The molecule has 0 unspecified atom stereocenters. The Morgan fingerprint density at radius 1 is 1.83 bits per heavy atom. The van der Waals surface area contributed by atoms with E-state index >= 15 is 0 Å². The lowest BCUT2D eigenvalue weighted by Crippen LogP contribution is -1.61. The van der Waals surface area contributed by atoms with E-state index in [1.165, 1.54) is 12.1 Å². The molecule has 0 saturated heterocycles. The lowest BCUT2D eigenvalue weighted by atomic mass is 10.7. The summed E-state index contributed by atoms with van der Waals surface area (Å²) in [4.78, 5) is 2.21. The highest BCUT2D eigenvalue weighted by Crippen LogP contribution is 1.85. The second-order valence-corrected chi connectivity index (χ2v) is 0.951. The van der Waals surface area contributed by atoms with Gasteiger partial charge in [0.05, 0.1) is 6.20 Å². The van der Waals surface area contributed by atoms with Crippen molar-refractivity contribution in [3.63, 3.8) is 0 Å². The Kier molecular flexibility index (Phi) is 0.638. The first-order valence-electron chi connectivity index (χ1n) is 1.60. The van der Waals surface area contributed by atoms with Gasteiger partial charge in [-0.1, -0.05) is 0 Å². The van der Waals surface area contributed by atoms with Gasteiger partial charge < -0.3 is 4.98 Å². The third kappa shape index (κ3) is 0.407. The number of halogens is 1. The predicted molar refractivity (Wildman–Crippen MR) is 19.6 cm³/mol. The summed E-state index contributed by atoms with van der Waals surface area (Å²) in [6.07, 6.45) is 2.43. The second kappa shape index (κ2) is 1.12. The van der Waals surface area contributed by atoms with Crippen LogP contribution in [0.5, 0.6) is 0 Å². The van der Waals surface area contributed by atoms with Gasteiger partial charge in [-0.3, -0.25) is 0 Å². The van der Waals surface area contributed by atoms with Crippen LogP contribution >= 0.6 is 0 Å². The fourth-order valence-corrected chi connectivity index (χ4v) is 0.267. The zero-order valence-corrected chi connectivity index (χ0v) is 3.03. The van der Waals surface area contributed by atoms with Crippen molar-refractivity contribution in [1.82, 2.24) is 4.98 Å². The van der Waals surface area contributed by atoms with Crippen LogP contribution in [0.1, 0.15) is 0 Å². The Balaban J connectivity index is 3.05. The zero-order valence-electron chi connectivity index (χ0n) is 3.03. The molecule has 0 saturated carbocycles. The average molecular weight is 84.1 g/mol. The van der Waals surface area contributed by atoms with Gasteiger partial charge in [0.1, 0.15) is 0 Å². The Bertz CT molecular complexity index is 111. The van der Waals surface area contributed by atoms with E-state index in [0.29, 0.717) is 0 Å². The molecule has 31 valence electrons. The van der Waals surface area contributed by atoms with Crippen molar-refractivity contribution in [2.24, 2.45) is 0 Å². The molecule has 1 aromatic heterocycles. The van der Waals surface area contributed by atoms with Crippen LogP contribution in [0, 0.1) is 12.1 Å². The Hall–Kier alpha value is -0.790. The summed E-state index contributed by atoms with van der Waals surface area (Å²) >= 11 is 0. The summed E-state index contributed by atoms with van der Waals surface area (Å²) in [5, 5.41) is 0. The van der Waals surface area contributed by atoms with E-state index in [9.17, 15) is 4.39 Å². The average Bonchev–Trinajstić information content (AvgIpc) is 1.86. The first kappa shape index (κ1) is 3.40. The van der Waals surface area contributed by atoms with Crippen molar-refractivity contribution in [2.45, 2.75) is 0 Å². The van der Waals surface area contributed by atoms with Crippen molar-refractivity contribution in [2.75, 3.05) is 0 Å². The molecule has 2 heteroatoms. The minimum atomic E-state index is -0.338. The van der Waals surface area contributed by atoms with E-state index in [2.05, 4.69) is 11.2 Å². The molecule has 0 aromatic carbocycles. The van der Waals surface area contributed by atoms with E-state index in [-0.39, 0.29) is 5.95 Å². The van der Waals surface area contributed by atoms with Crippen LogP contribution in [0.4, 0.5) is 4.39 Å². The maximum Gasteiger partial charge on any atom is 0.191 e. The molecule has 1 aromatic rings. The first-order valence-corrected chi connectivity index (χ1v) is 1.60. The van der Waals surface area contributed by atoms with Crippen LogP contribution in [-0.4, -0.2) is 4.98 Å². The highest BCUT2D eigenvalue weighted by molar-refractivity contribution is 4.86. The highest BCUT2D eigenvalue weighted by atomic mass is 19.1.